The molecule has 0 spiro atoms. The zero-order chi connectivity index (χ0) is 16.4. The molecule has 1 fully saturated rings. The number of halogens is 1. The first-order valence-electron chi connectivity index (χ1n) is 7.46. The molecule has 0 aliphatic carbocycles. The Labute approximate surface area is 144 Å². The van der Waals surface area contributed by atoms with Crippen molar-refractivity contribution in [2.45, 2.75) is 20.0 Å². The lowest BCUT2D eigenvalue weighted by molar-refractivity contribution is 0.0394. The summed E-state index contributed by atoms with van der Waals surface area (Å²) in [6.07, 6.45) is -0.0452. The molecule has 0 amide bonds. The smallest absolute Gasteiger partial charge is 0.169 e. The summed E-state index contributed by atoms with van der Waals surface area (Å²) >= 11 is 3.49. The summed E-state index contributed by atoms with van der Waals surface area (Å²) in [5, 5.41) is 17.9. The number of morpholine rings is 1. The van der Waals surface area contributed by atoms with Crippen LogP contribution < -0.4 is 4.90 Å². The highest BCUT2D eigenvalue weighted by atomic mass is 79.9. The van der Waals surface area contributed by atoms with Crippen LogP contribution in [0, 0.1) is 25.2 Å². The molecule has 1 aliphatic heterocycles. The summed E-state index contributed by atoms with van der Waals surface area (Å²) in [6.45, 7) is 5.74. The minimum absolute atomic E-state index is 0.0452. The Hall–Kier alpha value is -1.97. The molecule has 118 valence electrons. The number of aromatic nitrogens is 2. The summed E-state index contributed by atoms with van der Waals surface area (Å²) in [5.41, 5.74) is 3.40. The third kappa shape index (κ3) is 3.21. The molecule has 6 heteroatoms. The zero-order valence-corrected chi connectivity index (χ0v) is 14.7. The molecule has 3 rings (SSSR count). The Kier molecular flexibility index (Phi) is 4.60. The molecule has 2 aromatic rings. The normalized spacial score (nSPS) is 17.8. The highest BCUT2D eigenvalue weighted by molar-refractivity contribution is 9.10. The van der Waals surface area contributed by atoms with Gasteiger partial charge in [0.15, 0.2) is 5.82 Å². The van der Waals surface area contributed by atoms with E-state index < -0.39 is 0 Å². The van der Waals surface area contributed by atoms with Gasteiger partial charge in [-0.1, -0.05) is 28.1 Å². The van der Waals surface area contributed by atoms with Crippen LogP contribution in [0.4, 0.5) is 5.82 Å². The van der Waals surface area contributed by atoms with Gasteiger partial charge < -0.3 is 9.64 Å². The second kappa shape index (κ2) is 6.65. The van der Waals surface area contributed by atoms with Crippen LogP contribution in [0.2, 0.25) is 0 Å². The summed E-state index contributed by atoms with van der Waals surface area (Å²) in [5.74, 6) is 0.652. The minimum Gasteiger partial charge on any atom is -0.370 e. The molecule has 1 atom stereocenters. The second-order valence-corrected chi connectivity index (χ2v) is 6.50. The van der Waals surface area contributed by atoms with Gasteiger partial charge in [-0.05, 0) is 37.1 Å². The van der Waals surface area contributed by atoms with Crippen LogP contribution in [0.3, 0.4) is 0 Å². The van der Waals surface area contributed by atoms with Gasteiger partial charge in [0.25, 0.3) is 0 Å². The number of benzene rings is 1. The van der Waals surface area contributed by atoms with Crippen molar-refractivity contribution in [3.63, 3.8) is 0 Å². The summed E-state index contributed by atoms with van der Waals surface area (Å²) in [7, 11) is 0. The van der Waals surface area contributed by atoms with Crippen molar-refractivity contribution < 1.29 is 4.74 Å². The molecule has 23 heavy (non-hydrogen) atoms. The quantitative estimate of drug-likeness (QED) is 0.808. The molecule has 1 saturated heterocycles. The third-order valence-electron chi connectivity index (χ3n) is 4.13. The van der Waals surface area contributed by atoms with Crippen molar-refractivity contribution in [3.8, 4) is 6.07 Å². The molecule has 0 unspecified atom stereocenters. The minimum atomic E-state index is -0.0452. The van der Waals surface area contributed by atoms with E-state index in [4.69, 9.17) is 4.74 Å². The van der Waals surface area contributed by atoms with Gasteiger partial charge in [-0.25, -0.2) is 0 Å². The first-order valence-corrected chi connectivity index (χ1v) is 8.25. The Morgan fingerprint density at radius 1 is 1.35 bits per heavy atom. The van der Waals surface area contributed by atoms with Crippen molar-refractivity contribution in [1.82, 2.24) is 10.2 Å². The second-order valence-electron chi connectivity index (χ2n) is 5.58. The SMILES string of the molecule is Cc1nnc(N2CCO[C@@H](c3cccc(Br)c3)C2)c(C#N)c1C. The Bertz CT molecular complexity index is 772. The van der Waals surface area contributed by atoms with E-state index in [9.17, 15) is 5.26 Å². The lowest BCUT2D eigenvalue weighted by atomic mass is 10.1. The first-order chi connectivity index (χ1) is 11.1. The maximum absolute atomic E-state index is 9.49. The van der Waals surface area contributed by atoms with Crippen LogP contribution in [0.5, 0.6) is 0 Å². The summed E-state index contributed by atoms with van der Waals surface area (Å²) in [6, 6.07) is 10.4. The predicted molar refractivity (Wildman–Crippen MR) is 91.3 cm³/mol. The number of nitrogens with zero attached hydrogens (tertiary/aromatic N) is 4. The van der Waals surface area contributed by atoms with Gasteiger partial charge in [0.05, 0.1) is 12.3 Å². The maximum atomic E-state index is 9.49. The van der Waals surface area contributed by atoms with Crippen molar-refractivity contribution in [1.29, 1.82) is 5.26 Å². The molecule has 1 aromatic carbocycles. The first kappa shape index (κ1) is 15.9. The van der Waals surface area contributed by atoms with Crippen LogP contribution in [-0.2, 0) is 4.74 Å². The standard InChI is InChI=1S/C17H17BrN4O/c1-11-12(2)20-21-17(15(11)9-19)22-6-7-23-16(10-22)13-4-3-5-14(18)8-13/h3-5,8,16H,6-7,10H2,1-2H3/t16-/m1/s1. The van der Waals surface area contributed by atoms with Gasteiger partial charge in [0.2, 0.25) is 0 Å². The van der Waals surface area contributed by atoms with Crippen molar-refractivity contribution in [2.75, 3.05) is 24.6 Å². The molecular weight excluding hydrogens is 356 g/mol. The molecule has 0 radical (unpaired) electrons. The molecule has 1 aliphatic rings. The lowest BCUT2D eigenvalue weighted by Gasteiger charge is -2.34. The van der Waals surface area contributed by atoms with E-state index in [1.54, 1.807) is 0 Å². The van der Waals surface area contributed by atoms with E-state index in [2.05, 4.69) is 49.2 Å². The van der Waals surface area contributed by atoms with E-state index in [1.807, 2.05) is 26.0 Å². The van der Waals surface area contributed by atoms with Crippen LogP contribution in [0.25, 0.3) is 0 Å². The van der Waals surface area contributed by atoms with Gasteiger partial charge in [-0.2, -0.15) is 10.4 Å². The molecule has 5 nitrogen and oxygen atoms in total. The largest absolute Gasteiger partial charge is 0.370 e. The topological polar surface area (TPSA) is 62.0 Å². The van der Waals surface area contributed by atoms with Crippen LogP contribution in [-0.4, -0.2) is 29.9 Å². The van der Waals surface area contributed by atoms with Gasteiger partial charge in [-0.3, -0.25) is 0 Å². The zero-order valence-electron chi connectivity index (χ0n) is 13.1. The molecule has 2 heterocycles. The molecule has 0 bridgehead atoms. The molecule has 0 saturated carbocycles. The van der Waals surface area contributed by atoms with Crippen LogP contribution >= 0.6 is 15.9 Å². The fraction of sp³-hybridized carbons (Fsp3) is 0.353. The number of ether oxygens (including phenoxy) is 1. The van der Waals surface area contributed by atoms with E-state index in [0.29, 0.717) is 31.1 Å². The predicted octanol–water partition coefficient (Wildman–Crippen LogP) is 3.31. The summed E-state index contributed by atoms with van der Waals surface area (Å²) in [4.78, 5) is 2.09. The van der Waals surface area contributed by atoms with E-state index >= 15 is 0 Å². The average molecular weight is 373 g/mol. The Balaban J connectivity index is 1.90. The number of rotatable bonds is 2. The Morgan fingerprint density at radius 3 is 2.91 bits per heavy atom. The van der Waals surface area contributed by atoms with Gasteiger partial charge in [0.1, 0.15) is 17.7 Å². The van der Waals surface area contributed by atoms with Gasteiger partial charge in [-0.15, -0.1) is 5.10 Å². The molecule has 0 N–H and O–H groups in total. The monoisotopic (exact) mass is 372 g/mol. The fourth-order valence-corrected chi connectivity index (χ4v) is 3.12. The van der Waals surface area contributed by atoms with Crippen molar-refractivity contribution in [2.24, 2.45) is 0 Å². The van der Waals surface area contributed by atoms with Gasteiger partial charge in [0, 0.05) is 17.6 Å². The fourth-order valence-electron chi connectivity index (χ4n) is 2.70. The molecular formula is C17H17BrN4O. The lowest BCUT2D eigenvalue weighted by Crippen LogP contribution is -2.39. The maximum Gasteiger partial charge on any atom is 0.169 e. The number of anilines is 1. The molecule has 1 aromatic heterocycles. The number of hydrogen-bond acceptors (Lipinski definition) is 5. The van der Waals surface area contributed by atoms with Crippen molar-refractivity contribution >= 4 is 21.7 Å². The van der Waals surface area contributed by atoms with Gasteiger partial charge >= 0.3 is 0 Å². The average Bonchev–Trinajstić information content (AvgIpc) is 2.57. The highest BCUT2D eigenvalue weighted by Gasteiger charge is 2.26. The number of hydrogen-bond donors (Lipinski definition) is 0. The van der Waals surface area contributed by atoms with E-state index in [-0.39, 0.29) is 6.10 Å². The van der Waals surface area contributed by atoms with Crippen LogP contribution in [0.15, 0.2) is 28.7 Å². The summed E-state index contributed by atoms with van der Waals surface area (Å²) < 4.78 is 6.93. The van der Waals surface area contributed by atoms with E-state index in [0.717, 1.165) is 21.3 Å². The third-order valence-corrected chi connectivity index (χ3v) is 4.63. The van der Waals surface area contributed by atoms with Crippen molar-refractivity contribution in [3.05, 3.63) is 51.1 Å². The van der Waals surface area contributed by atoms with Crippen LogP contribution in [0.1, 0.15) is 28.5 Å². The van der Waals surface area contributed by atoms with E-state index in [1.165, 1.54) is 0 Å². The highest BCUT2D eigenvalue weighted by Crippen LogP contribution is 2.29. The number of nitriles is 1. The number of aryl methyl sites for hydroxylation is 1. The Morgan fingerprint density at radius 2 is 2.17 bits per heavy atom.